The molecule has 0 unspecified atom stereocenters. The first-order valence-corrected chi connectivity index (χ1v) is 8.92. The molecule has 2 aromatic rings. The first kappa shape index (κ1) is 16.7. The van der Waals surface area contributed by atoms with Gasteiger partial charge in [0.05, 0.1) is 6.04 Å². The summed E-state index contributed by atoms with van der Waals surface area (Å²) in [6.45, 7) is 6.20. The van der Waals surface area contributed by atoms with Crippen molar-refractivity contribution in [3.8, 4) is 0 Å². The molecule has 24 heavy (non-hydrogen) atoms. The summed E-state index contributed by atoms with van der Waals surface area (Å²) in [7, 11) is 0. The van der Waals surface area contributed by atoms with Gasteiger partial charge in [0, 0.05) is 18.8 Å². The summed E-state index contributed by atoms with van der Waals surface area (Å²) in [4.78, 5) is 30.1. The molecule has 0 aromatic carbocycles. The number of piperidine rings is 1. The average molecular weight is 347 g/mol. The van der Waals surface area contributed by atoms with Gasteiger partial charge in [0.15, 0.2) is 5.13 Å². The standard InChI is InChI=1S/C17H21N3O3S/c1-10-6-7-20(14(8-10)15-5-4-11(2)23-15)16(22)13-9-24-17(19-13)18-12(3)21/h4-5,9-10,14H,6-8H2,1-3H3,(H,18,19,21)/t10-,14+/m0/s1. The van der Waals surface area contributed by atoms with Gasteiger partial charge < -0.3 is 14.6 Å². The maximum atomic E-state index is 12.9. The molecule has 1 saturated heterocycles. The van der Waals surface area contributed by atoms with Crippen LogP contribution in [0.2, 0.25) is 0 Å². The highest BCUT2D eigenvalue weighted by Crippen LogP contribution is 2.36. The number of hydrogen-bond donors (Lipinski definition) is 1. The molecule has 1 aliphatic heterocycles. The van der Waals surface area contributed by atoms with E-state index in [4.69, 9.17) is 4.42 Å². The molecule has 7 heteroatoms. The minimum absolute atomic E-state index is 0.0686. The number of furan rings is 1. The SMILES string of the molecule is CC(=O)Nc1nc(C(=O)N2CC[C@H](C)C[C@@H]2c2ccc(C)o2)cs1. The van der Waals surface area contributed by atoms with Crippen LogP contribution >= 0.6 is 11.3 Å². The average Bonchev–Trinajstić information content (AvgIpc) is 3.15. The van der Waals surface area contributed by atoms with E-state index in [9.17, 15) is 9.59 Å². The van der Waals surface area contributed by atoms with E-state index < -0.39 is 0 Å². The molecule has 1 N–H and O–H groups in total. The molecule has 2 amide bonds. The van der Waals surface area contributed by atoms with Crippen molar-refractivity contribution < 1.29 is 14.0 Å². The van der Waals surface area contributed by atoms with E-state index in [-0.39, 0.29) is 17.9 Å². The number of amides is 2. The predicted molar refractivity (Wildman–Crippen MR) is 92.0 cm³/mol. The van der Waals surface area contributed by atoms with Gasteiger partial charge in [-0.25, -0.2) is 4.98 Å². The number of likely N-dealkylation sites (tertiary alicyclic amines) is 1. The van der Waals surface area contributed by atoms with Crippen LogP contribution in [-0.4, -0.2) is 28.2 Å². The summed E-state index contributed by atoms with van der Waals surface area (Å²) in [6, 6.07) is 3.80. The van der Waals surface area contributed by atoms with Crippen molar-refractivity contribution in [2.75, 3.05) is 11.9 Å². The van der Waals surface area contributed by atoms with Gasteiger partial charge in [-0.3, -0.25) is 9.59 Å². The van der Waals surface area contributed by atoms with Crippen LogP contribution in [0.5, 0.6) is 0 Å². The highest BCUT2D eigenvalue weighted by Gasteiger charge is 2.34. The Morgan fingerprint density at radius 3 is 2.88 bits per heavy atom. The van der Waals surface area contributed by atoms with Gasteiger partial charge in [0.1, 0.15) is 17.2 Å². The van der Waals surface area contributed by atoms with Gasteiger partial charge in [0.25, 0.3) is 5.91 Å². The zero-order valence-electron chi connectivity index (χ0n) is 14.0. The van der Waals surface area contributed by atoms with Crippen molar-refractivity contribution >= 4 is 28.3 Å². The molecular formula is C17H21N3O3S. The second kappa shape index (κ2) is 6.76. The second-order valence-electron chi connectivity index (χ2n) is 6.31. The van der Waals surface area contributed by atoms with Crippen LogP contribution in [0, 0.1) is 12.8 Å². The summed E-state index contributed by atoms with van der Waals surface area (Å²) >= 11 is 1.26. The van der Waals surface area contributed by atoms with Gasteiger partial charge in [-0.1, -0.05) is 6.92 Å². The number of aromatic nitrogens is 1. The zero-order chi connectivity index (χ0) is 17.3. The maximum Gasteiger partial charge on any atom is 0.274 e. The molecule has 1 aliphatic rings. The van der Waals surface area contributed by atoms with Gasteiger partial charge in [-0.05, 0) is 37.8 Å². The predicted octanol–water partition coefficient (Wildman–Crippen LogP) is 3.62. The quantitative estimate of drug-likeness (QED) is 0.920. The molecular weight excluding hydrogens is 326 g/mol. The number of aryl methyl sites for hydroxylation is 1. The molecule has 0 spiro atoms. The highest BCUT2D eigenvalue weighted by atomic mass is 32.1. The van der Waals surface area contributed by atoms with Crippen molar-refractivity contribution in [1.82, 2.24) is 9.88 Å². The number of carbonyl (C=O) groups is 2. The third kappa shape index (κ3) is 3.51. The lowest BCUT2D eigenvalue weighted by Gasteiger charge is -2.37. The Balaban J connectivity index is 1.83. The lowest BCUT2D eigenvalue weighted by molar-refractivity contribution is -0.114. The van der Waals surface area contributed by atoms with Crippen LogP contribution in [0.4, 0.5) is 5.13 Å². The molecule has 2 aromatic heterocycles. The lowest BCUT2D eigenvalue weighted by atomic mass is 9.91. The molecule has 3 rings (SSSR count). The van der Waals surface area contributed by atoms with Crippen molar-refractivity contribution in [3.05, 3.63) is 34.7 Å². The number of nitrogens with zero attached hydrogens (tertiary/aromatic N) is 2. The van der Waals surface area contributed by atoms with Gasteiger partial charge in [-0.15, -0.1) is 11.3 Å². The molecule has 0 aliphatic carbocycles. The van der Waals surface area contributed by atoms with E-state index in [1.807, 2.05) is 24.0 Å². The minimum Gasteiger partial charge on any atom is -0.464 e. The summed E-state index contributed by atoms with van der Waals surface area (Å²) < 4.78 is 5.78. The Kier molecular flexibility index (Phi) is 4.71. The molecule has 3 heterocycles. The summed E-state index contributed by atoms with van der Waals surface area (Å²) in [5.41, 5.74) is 0.367. The number of thiazole rings is 1. The van der Waals surface area contributed by atoms with Gasteiger partial charge in [0.2, 0.25) is 5.91 Å². The van der Waals surface area contributed by atoms with E-state index in [2.05, 4.69) is 17.2 Å². The van der Waals surface area contributed by atoms with E-state index in [1.54, 1.807) is 5.38 Å². The third-order valence-corrected chi connectivity index (χ3v) is 4.98. The van der Waals surface area contributed by atoms with Crippen molar-refractivity contribution in [1.29, 1.82) is 0 Å². The Morgan fingerprint density at radius 2 is 2.21 bits per heavy atom. The monoisotopic (exact) mass is 347 g/mol. The Bertz CT molecular complexity index is 752. The number of carbonyl (C=O) groups excluding carboxylic acids is 2. The fraction of sp³-hybridized carbons (Fsp3) is 0.471. The Labute approximate surface area is 144 Å². The van der Waals surface area contributed by atoms with Crippen LogP contribution < -0.4 is 5.32 Å². The summed E-state index contributed by atoms with van der Waals surface area (Å²) in [5, 5.41) is 4.75. The Morgan fingerprint density at radius 1 is 1.42 bits per heavy atom. The van der Waals surface area contributed by atoms with Crippen LogP contribution in [-0.2, 0) is 4.79 Å². The van der Waals surface area contributed by atoms with Crippen LogP contribution in [0.1, 0.15) is 54.7 Å². The van der Waals surface area contributed by atoms with Crippen LogP contribution in [0.25, 0.3) is 0 Å². The minimum atomic E-state index is -0.195. The topological polar surface area (TPSA) is 75.4 Å². The third-order valence-electron chi connectivity index (χ3n) is 4.22. The Hall–Kier alpha value is -2.15. The van der Waals surface area contributed by atoms with Crippen molar-refractivity contribution in [2.45, 2.75) is 39.7 Å². The molecule has 0 bridgehead atoms. The maximum absolute atomic E-state index is 12.9. The van der Waals surface area contributed by atoms with Crippen molar-refractivity contribution in [3.63, 3.8) is 0 Å². The summed E-state index contributed by atoms with van der Waals surface area (Å²) in [5.74, 6) is 1.89. The smallest absolute Gasteiger partial charge is 0.274 e. The summed E-state index contributed by atoms with van der Waals surface area (Å²) in [6.07, 6.45) is 1.84. The highest BCUT2D eigenvalue weighted by molar-refractivity contribution is 7.14. The zero-order valence-corrected chi connectivity index (χ0v) is 14.9. The molecule has 0 radical (unpaired) electrons. The normalized spacial score (nSPS) is 20.9. The molecule has 128 valence electrons. The second-order valence-corrected chi connectivity index (χ2v) is 7.17. The first-order valence-electron chi connectivity index (χ1n) is 8.04. The van der Waals surface area contributed by atoms with Crippen LogP contribution in [0.3, 0.4) is 0 Å². The van der Waals surface area contributed by atoms with E-state index in [0.29, 0.717) is 23.3 Å². The number of rotatable bonds is 3. The van der Waals surface area contributed by atoms with E-state index >= 15 is 0 Å². The van der Waals surface area contributed by atoms with Crippen LogP contribution in [0.15, 0.2) is 21.9 Å². The molecule has 2 atom stereocenters. The fourth-order valence-corrected chi connectivity index (χ4v) is 3.74. The number of nitrogens with one attached hydrogen (secondary N) is 1. The lowest BCUT2D eigenvalue weighted by Crippen LogP contribution is -2.40. The fourth-order valence-electron chi connectivity index (χ4n) is 3.01. The largest absolute Gasteiger partial charge is 0.464 e. The van der Waals surface area contributed by atoms with Crippen molar-refractivity contribution in [2.24, 2.45) is 5.92 Å². The van der Waals surface area contributed by atoms with Gasteiger partial charge in [-0.2, -0.15) is 0 Å². The molecule has 0 saturated carbocycles. The number of hydrogen-bond acceptors (Lipinski definition) is 5. The molecule has 6 nitrogen and oxygen atoms in total. The molecule has 1 fully saturated rings. The van der Waals surface area contributed by atoms with Gasteiger partial charge >= 0.3 is 0 Å². The van der Waals surface area contributed by atoms with E-state index in [0.717, 1.165) is 24.4 Å². The first-order chi connectivity index (χ1) is 11.4. The number of anilines is 1. The van der Waals surface area contributed by atoms with E-state index in [1.165, 1.54) is 18.3 Å².